The van der Waals surface area contributed by atoms with Crippen LogP contribution in [0, 0.1) is 5.82 Å². The highest BCUT2D eigenvalue weighted by atomic mass is 35.5. The van der Waals surface area contributed by atoms with Crippen molar-refractivity contribution in [2.75, 3.05) is 5.32 Å². The van der Waals surface area contributed by atoms with Crippen molar-refractivity contribution >= 4 is 40.7 Å². The summed E-state index contributed by atoms with van der Waals surface area (Å²) >= 11 is 11.3. The van der Waals surface area contributed by atoms with Crippen LogP contribution in [0.3, 0.4) is 0 Å². The molecule has 2 N–H and O–H groups in total. The van der Waals surface area contributed by atoms with Gasteiger partial charge in [-0.3, -0.25) is 0 Å². The van der Waals surface area contributed by atoms with Crippen LogP contribution in [0.2, 0.25) is 10.0 Å². The molecule has 0 spiro atoms. The third-order valence-electron chi connectivity index (χ3n) is 2.26. The van der Waals surface area contributed by atoms with E-state index in [9.17, 15) is 9.18 Å². The van der Waals surface area contributed by atoms with Gasteiger partial charge in [-0.15, -0.1) is 0 Å². The summed E-state index contributed by atoms with van der Waals surface area (Å²) in [4.78, 5) is 14.7. The molecule has 0 saturated carbocycles. The summed E-state index contributed by atoms with van der Waals surface area (Å²) in [6.45, 7) is 0. The van der Waals surface area contributed by atoms with Crippen LogP contribution in [0.1, 0.15) is 10.5 Å². The van der Waals surface area contributed by atoms with E-state index in [1.54, 1.807) is 6.07 Å². The Hall–Kier alpha value is -1.85. The van der Waals surface area contributed by atoms with Crippen LogP contribution in [0.5, 0.6) is 0 Å². The van der Waals surface area contributed by atoms with Gasteiger partial charge in [0.25, 0.3) is 0 Å². The fourth-order valence-corrected chi connectivity index (χ4v) is 1.76. The second kappa shape index (κ2) is 5.42. The summed E-state index contributed by atoms with van der Waals surface area (Å²) < 4.78 is 13.7. The van der Waals surface area contributed by atoms with Crippen LogP contribution in [0.4, 0.5) is 15.9 Å². The molecule has 0 bridgehead atoms. The molecule has 2 aromatic rings. The molecular formula is C12H7Cl2FN2O2. The van der Waals surface area contributed by atoms with E-state index in [0.29, 0.717) is 0 Å². The SMILES string of the molecule is O=C(O)c1nc(Nc2cccc(Cl)c2F)ccc1Cl. The predicted molar refractivity (Wildman–Crippen MR) is 70.9 cm³/mol. The monoisotopic (exact) mass is 300 g/mol. The van der Waals surface area contributed by atoms with E-state index in [4.69, 9.17) is 28.3 Å². The Bertz CT molecular complexity index is 650. The van der Waals surface area contributed by atoms with Crippen LogP contribution in [0.25, 0.3) is 0 Å². The Balaban J connectivity index is 2.36. The Morgan fingerprint density at radius 2 is 1.95 bits per heavy atom. The molecular weight excluding hydrogens is 294 g/mol. The average molecular weight is 301 g/mol. The molecule has 0 radical (unpaired) electrons. The molecule has 2 rings (SSSR count). The van der Waals surface area contributed by atoms with Gasteiger partial charge in [0.05, 0.1) is 15.7 Å². The molecule has 19 heavy (non-hydrogen) atoms. The van der Waals surface area contributed by atoms with Gasteiger partial charge < -0.3 is 10.4 Å². The molecule has 0 aliphatic heterocycles. The molecule has 4 nitrogen and oxygen atoms in total. The van der Waals surface area contributed by atoms with Crippen molar-refractivity contribution in [1.82, 2.24) is 4.98 Å². The number of aromatic nitrogens is 1. The third kappa shape index (κ3) is 2.94. The van der Waals surface area contributed by atoms with Gasteiger partial charge in [0, 0.05) is 0 Å². The fraction of sp³-hybridized carbons (Fsp3) is 0. The number of anilines is 2. The van der Waals surface area contributed by atoms with Crippen LogP contribution in [-0.2, 0) is 0 Å². The number of aromatic carboxylic acids is 1. The molecule has 1 heterocycles. The zero-order chi connectivity index (χ0) is 14.0. The number of nitrogens with one attached hydrogen (secondary N) is 1. The summed E-state index contributed by atoms with van der Waals surface area (Å²) in [7, 11) is 0. The Kier molecular flexibility index (Phi) is 3.87. The van der Waals surface area contributed by atoms with Gasteiger partial charge in [-0.1, -0.05) is 29.3 Å². The first kappa shape index (κ1) is 13.6. The van der Waals surface area contributed by atoms with E-state index in [1.807, 2.05) is 0 Å². The van der Waals surface area contributed by atoms with Crippen LogP contribution < -0.4 is 5.32 Å². The van der Waals surface area contributed by atoms with Crippen molar-refractivity contribution < 1.29 is 14.3 Å². The maximum absolute atomic E-state index is 13.7. The number of carbonyl (C=O) groups is 1. The van der Waals surface area contributed by atoms with Gasteiger partial charge in [0.1, 0.15) is 5.82 Å². The number of halogens is 3. The van der Waals surface area contributed by atoms with E-state index in [-0.39, 0.29) is 27.2 Å². The number of nitrogens with zero attached hydrogens (tertiary/aromatic N) is 1. The lowest BCUT2D eigenvalue weighted by molar-refractivity contribution is 0.0691. The minimum absolute atomic E-state index is 0.00427. The molecule has 98 valence electrons. The normalized spacial score (nSPS) is 10.3. The van der Waals surface area contributed by atoms with Crippen LogP contribution in [0.15, 0.2) is 30.3 Å². The summed E-state index contributed by atoms with van der Waals surface area (Å²) in [6.07, 6.45) is 0. The Morgan fingerprint density at radius 3 is 2.63 bits per heavy atom. The lowest BCUT2D eigenvalue weighted by Crippen LogP contribution is -2.04. The van der Waals surface area contributed by atoms with Gasteiger partial charge in [-0.25, -0.2) is 14.2 Å². The quantitative estimate of drug-likeness (QED) is 0.900. The van der Waals surface area contributed by atoms with E-state index in [2.05, 4.69) is 10.3 Å². The highest BCUT2D eigenvalue weighted by molar-refractivity contribution is 6.33. The van der Waals surface area contributed by atoms with Crippen molar-refractivity contribution in [3.63, 3.8) is 0 Å². The number of carboxylic acid groups (broad SMARTS) is 1. The molecule has 1 aromatic heterocycles. The van der Waals surface area contributed by atoms with Gasteiger partial charge >= 0.3 is 5.97 Å². The summed E-state index contributed by atoms with van der Waals surface area (Å²) in [5.74, 6) is -1.75. The van der Waals surface area contributed by atoms with Crippen molar-refractivity contribution in [3.05, 3.63) is 51.9 Å². The maximum Gasteiger partial charge on any atom is 0.356 e. The minimum atomic E-state index is -1.26. The zero-order valence-corrected chi connectivity index (χ0v) is 10.8. The lowest BCUT2D eigenvalue weighted by Gasteiger charge is -2.08. The molecule has 1 aromatic carbocycles. The largest absolute Gasteiger partial charge is 0.476 e. The van der Waals surface area contributed by atoms with Crippen molar-refractivity contribution in [2.24, 2.45) is 0 Å². The van der Waals surface area contributed by atoms with Gasteiger partial charge in [0.2, 0.25) is 0 Å². The Morgan fingerprint density at radius 1 is 1.21 bits per heavy atom. The first-order valence-electron chi connectivity index (χ1n) is 5.10. The van der Waals surface area contributed by atoms with E-state index >= 15 is 0 Å². The highest BCUT2D eigenvalue weighted by Gasteiger charge is 2.13. The number of carboxylic acids is 1. The summed E-state index contributed by atoms with van der Waals surface area (Å²) in [6, 6.07) is 7.22. The topological polar surface area (TPSA) is 62.2 Å². The summed E-state index contributed by atoms with van der Waals surface area (Å²) in [5, 5.41) is 11.5. The minimum Gasteiger partial charge on any atom is -0.476 e. The molecule has 7 heteroatoms. The predicted octanol–water partition coefficient (Wildman–Crippen LogP) is 3.97. The van der Waals surface area contributed by atoms with E-state index in [0.717, 1.165) is 0 Å². The molecule has 0 aliphatic carbocycles. The number of pyridine rings is 1. The Labute approximate surface area is 117 Å². The highest BCUT2D eigenvalue weighted by Crippen LogP contribution is 2.25. The first-order valence-corrected chi connectivity index (χ1v) is 5.85. The van der Waals surface area contributed by atoms with E-state index in [1.165, 1.54) is 24.3 Å². The summed E-state index contributed by atoms with van der Waals surface area (Å²) in [5.41, 5.74) is -0.215. The third-order valence-corrected chi connectivity index (χ3v) is 2.86. The zero-order valence-electron chi connectivity index (χ0n) is 9.32. The fourth-order valence-electron chi connectivity index (χ4n) is 1.40. The molecule has 0 amide bonds. The molecule has 0 atom stereocenters. The number of hydrogen-bond acceptors (Lipinski definition) is 3. The molecule has 0 fully saturated rings. The standard InChI is InChI=1S/C12H7Cl2FN2O2/c13-6-2-1-3-8(10(6)15)16-9-5-4-7(14)11(17-9)12(18)19/h1-5H,(H,16,17)(H,18,19). The second-order valence-electron chi connectivity index (χ2n) is 3.56. The first-order chi connectivity index (χ1) is 8.99. The van der Waals surface area contributed by atoms with Gasteiger partial charge in [0.15, 0.2) is 11.5 Å². The molecule has 0 saturated heterocycles. The van der Waals surface area contributed by atoms with Crippen molar-refractivity contribution in [3.8, 4) is 0 Å². The van der Waals surface area contributed by atoms with Crippen LogP contribution >= 0.6 is 23.2 Å². The number of hydrogen-bond donors (Lipinski definition) is 2. The molecule has 0 unspecified atom stereocenters. The smallest absolute Gasteiger partial charge is 0.356 e. The van der Waals surface area contributed by atoms with Gasteiger partial charge in [-0.2, -0.15) is 0 Å². The maximum atomic E-state index is 13.7. The lowest BCUT2D eigenvalue weighted by atomic mass is 10.3. The number of rotatable bonds is 3. The average Bonchev–Trinajstić information content (AvgIpc) is 2.37. The number of benzene rings is 1. The second-order valence-corrected chi connectivity index (χ2v) is 4.37. The van der Waals surface area contributed by atoms with Gasteiger partial charge in [-0.05, 0) is 24.3 Å². The van der Waals surface area contributed by atoms with Crippen LogP contribution in [-0.4, -0.2) is 16.1 Å². The van der Waals surface area contributed by atoms with Crippen molar-refractivity contribution in [1.29, 1.82) is 0 Å². The molecule has 0 aliphatic rings. The van der Waals surface area contributed by atoms with Crippen molar-refractivity contribution in [2.45, 2.75) is 0 Å². The van der Waals surface area contributed by atoms with E-state index < -0.39 is 11.8 Å².